The molecule has 0 nitrogen and oxygen atoms in total. The summed E-state index contributed by atoms with van der Waals surface area (Å²) < 4.78 is 1.41. The summed E-state index contributed by atoms with van der Waals surface area (Å²) in [5.74, 6) is 0. The van der Waals surface area contributed by atoms with Crippen LogP contribution < -0.4 is 0 Å². The summed E-state index contributed by atoms with van der Waals surface area (Å²) in [6.45, 7) is 6.83. The molecular weight excluding hydrogens is 83.0 g/mol. The zero-order valence-corrected chi connectivity index (χ0v) is 7.21. The fourth-order valence-corrected chi connectivity index (χ4v) is 0. The van der Waals surface area contributed by atoms with Crippen molar-refractivity contribution < 1.29 is 0 Å². The van der Waals surface area contributed by atoms with E-state index in [1.807, 2.05) is 0 Å². The molecule has 0 aliphatic carbocycles. The molecule has 0 atom stereocenters. The molecule has 0 bridgehead atoms. The van der Waals surface area contributed by atoms with E-state index in [9.17, 15) is 0 Å². The van der Waals surface area contributed by atoms with Gasteiger partial charge < -0.3 is 0 Å². The van der Waals surface area contributed by atoms with Crippen molar-refractivity contribution in [1.82, 2.24) is 0 Å². The van der Waals surface area contributed by atoms with Gasteiger partial charge in [-0.05, 0) is 0 Å². The molecule has 0 unspecified atom stereocenters. The van der Waals surface area contributed by atoms with Crippen molar-refractivity contribution in [3.63, 3.8) is 0 Å². The second kappa shape index (κ2) is 2.34. The van der Waals surface area contributed by atoms with E-state index < -0.39 is 0 Å². The summed E-state index contributed by atoms with van der Waals surface area (Å²) in [5, 5.41) is 0. The molecule has 0 saturated carbocycles. The molecule has 0 aliphatic heterocycles. The number of rotatable bonds is 0. The monoisotopic (exact) mass is 94.1 g/mol. The molecule has 32 valence electrons. The zero-order valence-electron chi connectivity index (χ0n) is 5.21. The Hall–Kier alpha value is 1.00. The third-order valence-corrected chi connectivity index (χ3v) is 3.18. The van der Waals surface area contributed by atoms with Crippen LogP contribution in [-0.4, -0.2) is 27.9 Å². The first kappa shape index (κ1) is 7.00. The predicted molar refractivity (Wildman–Crippen MR) is 30.0 cm³/mol. The van der Waals surface area contributed by atoms with Crippen molar-refractivity contribution in [3.8, 4) is 0 Å². The molecule has 6 heavy (non-hydrogen) atoms. The van der Waals surface area contributed by atoms with Crippen molar-refractivity contribution in [2.45, 2.75) is 24.4 Å². The Balaban J connectivity index is 3.17. The van der Waals surface area contributed by atoms with Crippen LogP contribution in [0.5, 0.6) is 0 Å². The quantitative estimate of drug-likeness (QED) is 0.400. The standard InChI is InChI=1S/C5H11.Na/c1-5(2,3)4;/h1H2,2-4H3;. The van der Waals surface area contributed by atoms with Crippen LogP contribution in [0.4, 0.5) is 0 Å². The maximum absolute atomic E-state index is 2.28. The van der Waals surface area contributed by atoms with Crippen molar-refractivity contribution in [2.24, 2.45) is 5.41 Å². The average Bonchev–Trinajstić information content (AvgIpc) is 1.35. The van der Waals surface area contributed by atoms with E-state index in [2.05, 4.69) is 20.8 Å². The average molecular weight is 94.1 g/mol. The van der Waals surface area contributed by atoms with Gasteiger partial charge >= 0.3 is 57.8 Å². The summed E-state index contributed by atoms with van der Waals surface area (Å²) in [4.78, 5) is 0. The molecule has 0 rings (SSSR count). The van der Waals surface area contributed by atoms with Gasteiger partial charge in [0.25, 0.3) is 0 Å². The van der Waals surface area contributed by atoms with Crippen molar-refractivity contribution >= 4 is 27.9 Å². The summed E-state index contributed by atoms with van der Waals surface area (Å²) in [5.41, 5.74) is 0.603. The first-order valence-corrected chi connectivity index (χ1v) is 3.97. The van der Waals surface area contributed by atoms with Crippen LogP contribution in [0.15, 0.2) is 0 Å². The van der Waals surface area contributed by atoms with E-state index in [0.717, 1.165) is 0 Å². The normalized spacial score (nSPS) is 12.2. The summed E-state index contributed by atoms with van der Waals surface area (Å²) >= 11 is 1.35. The van der Waals surface area contributed by atoms with Gasteiger partial charge in [0.1, 0.15) is 0 Å². The molecule has 0 aliphatic rings. The van der Waals surface area contributed by atoms with E-state index in [1.165, 1.54) is 31.6 Å². The van der Waals surface area contributed by atoms with Gasteiger partial charge in [-0.3, -0.25) is 0 Å². The molecular formula is C5H11Na. The molecule has 0 amide bonds. The summed E-state index contributed by atoms with van der Waals surface area (Å²) in [6, 6.07) is 0. The molecule has 0 radical (unpaired) electrons. The Morgan fingerprint density at radius 1 is 1.33 bits per heavy atom. The summed E-state index contributed by atoms with van der Waals surface area (Å²) in [7, 11) is 0. The third kappa shape index (κ3) is 5.00. The van der Waals surface area contributed by atoms with E-state index in [-0.39, 0.29) is 0 Å². The van der Waals surface area contributed by atoms with Crippen LogP contribution in [0.25, 0.3) is 0 Å². The SMILES string of the molecule is CC(C)(C)[CH2][Na]. The molecule has 0 aromatic carbocycles. The van der Waals surface area contributed by atoms with Crippen LogP contribution in [0.1, 0.15) is 20.8 Å². The van der Waals surface area contributed by atoms with Gasteiger partial charge in [0, 0.05) is 0 Å². The van der Waals surface area contributed by atoms with Crippen LogP contribution in [-0.2, 0) is 0 Å². The number of hydrogen-bond donors (Lipinski definition) is 0. The van der Waals surface area contributed by atoms with Crippen LogP contribution in [0.2, 0.25) is 3.67 Å². The Bertz CT molecular complexity index is 33.7. The van der Waals surface area contributed by atoms with Crippen molar-refractivity contribution in [1.29, 1.82) is 0 Å². The summed E-state index contributed by atoms with van der Waals surface area (Å²) in [6.07, 6.45) is 0. The number of hydrogen-bond acceptors (Lipinski definition) is 0. The predicted octanol–water partition coefficient (Wildman–Crippen LogP) is 1.62. The molecule has 0 N–H and O–H groups in total. The molecule has 0 saturated heterocycles. The van der Waals surface area contributed by atoms with Crippen LogP contribution in [0, 0.1) is 5.41 Å². The Kier molecular flexibility index (Phi) is 2.73. The molecule has 0 fully saturated rings. The van der Waals surface area contributed by atoms with Gasteiger partial charge in [-0.2, -0.15) is 0 Å². The van der Waals surface area contributed by atoms with Gasteiger partial charge in [-0.25, -0.2) is 0 Å². The Morgan fingerprint density at radius 3 is 1.50 bits per heavy atom. The Morgan fingerprint density at radius 2 is 1.50 bits per heavy atom. The second-order valence-corrected chi connectivity index (χ2v) is 3.62. The minimum absolute atomic E-state index is 0.603. The van der Waals surface area contributed by atoms with E-state index >= 15 is 0 Å². The molecule has 0 aromatic rings. The van der Waals surface area contributed by atoms with Gasteiger partial charge in [0.2, 0.25) is 0 Å². The van der Waals surface area contributed by atoms with Crippen molar-refractivity contribution in [2.75, 3.05) is 0 Å². The van der Waals surface area contributed by atoms with Crippen molar-refractivity contribution in [3.05, 3.63) is 0 Å². The van der Waals surface area contributed by atoms with E-state index in [4.69, 9.17) is 0 Å². The molecule has 0 heterocycles. The molecule has 0 aromatic heterocycles. The van der Waals surface area contributed by atoms with Gasteiger partial charge in [0.05, 0.1) is 0 Å². The van der Waals surface area contributed by atoms with Gasteiger partial charge in [0.15, 0.2) is 0 Å². The third-order valence-electron chi connectivity index (χ3n) is 1.06. The van der Waals surface area contributed by atoms with Crippen LogP contribution in [0.3, 0.4) is 0 Å². The molecule has 1 heteroatoms. The van der Waals surface area contributed by atoms with Crippen LogP contribution >= 0.6 is 0 Å². The fourth-order valence-electron chi connectivity index (χ4n) is 0. The first-order chi connectivity index (χ1) is 2.56. The Labute approximate surface area is 57.7 Å². The second-order valence-electron chi connectivity index (χ2n) is 2.91. The molecule has 0 spiro atoms. The zero-order chi connectivity index (χ0) is 5.21. The van der Waals surface area contributed by atoms with Gasteiger partial charge in [-0.15, -0.1) is 0 Å². The topological polar surface area (TPSA) is 0 Å². The minimum atomic E-state index is 0.603. The first-order valence-electron chi connectivity index (χ1n) is 2.56. The maximum atomic E-state index is 2.28. The van der Waals surface area contributed by atoms with Gasteiger partial charge in [-0.1, -0.05) is 0 Å². The van der Waals surface area contributed by atoms with E-state index in [1.54, 1.807) is 0 Å². The van der Waals surface area contributed by atoms with E-state index in [0.29, 0.717) is 5.41 Å². The fraction of sp³-hybridized carbons (Fsp3) is 1.00.